The first kappa shape index (κ1) is 15.0. The first-order valence-electron chi connectivity index (χ1n) is 7.19. The number of rotatable bonds is 5. The lowest BCUT2D eigenvalue weighted by molar-refractivity contribution is 0.0118. The Kier molecular flexibility index (Phi) is 5.56. The van der Waals surface area contributed by atoms with Crippen molar-refractivity contribution in [2.45, 2.75) is 44.4 Å². The van der Waals surface area contributed by atoms with E-state index >= 15 is 0 Å². The third kappa shape index (κ3) is 4.05. The Bertz CT molecular complexity index is 422. The zero-order valence-electron chi connectivity index (χ0n) is 12.2. The van der Waals surface area contributed by atoms with Crippen LogP contribution in [-0.4, -0.2) is 32.3 Å². The number of carbonyl (C=O) groups excluding carboxylic acids is 1. The van der Waals surface area contributed by atoms with Crippen LogP contribution in [0, 0.1) is 0 Å². The second-order valence-corrected chi connectivity index (χ2v) is 5.26. The van der Waals surface area contributed by atoms with E-state index in [9.17, 15) is 4.79 Å². The molecule has 4 nitrogen and oxygen atoms in total. The Morgan fingerprint density at radius 3 is 2.40 bits per heavy atom. The molecule has 0 amide bonds. The van der Waals surface area contributed by atoms with Gasteiger partial charge in [0.15, 0.2) is 0 Å². The van der Waals surface area contributed by atoms with Gasteiger partial charge in [-0.25, -0.2) is 4.79 Å². The molecule has 0 bridgehead atoms. The lowest BCUT2D eigenvalue weighted by Crippen LogP contribution is -2.32. The molecule has 0 aromatic heterocycles. The number of methoxy groups -OCH3 is 1. The highest BCUT2D eigenvalue weighted by molar-refractivity contribution is 5.89. The Labute approximate surface area is 120 Å². The minimum absolute atomic E-state index is 0.303. The molecule has 1 aromatic rings. The lowest BCUT2D eigenvalue weighted by atomic mass is 9.93. The SMILES string of the molecule is CNC1CCC(OCc2ccc(C(=O)OC)cc2)CC1. The van der Waals surface area contributed by atoms with E-state index in [1.54, 1.807) is 12.1 Å². The highest BCUT2D eigenvalue weighted by atomic mass is 16.5. The maximum Gasteiger partial charge on any atom is 0.337 e. The molecule has 20 heavy (non-hydrogen) atoms. The molecule has 0 radical (unpaired) electrons. The van der Waals surface area contributed by atoms with Crippen LogP contribution in [0.1, 0.15) is 41.6 Å². The van der Waals surface area contributed by atoms with Gasteiger partial charge in [0.25, 0.3) is 0 Å². The van der Waals surface area contributed by atoms with Gasteiger partial charge in [0, 0.05) is 6.04 Å². The normalized spacial score (nSPS) is 22.5. The fraction of sp³-hybridized carbons (Fsp3) is 0.562. The van der Waals surface area contributed by atoms with Crippen molar-refractivity contribution < 1.29 is 14.3 Å². The van der Waals surface area contributed by atoms with Crippen molar-refractivity contribution in [3.05, 3.63) is 35.4 Å². The minimum Gasteiger partial charge on any atom is -0.465 e. The fourth-order valence-corrected chi connectivity index (χ4v) is 2.59. The molecule has 0 aliphatic heterocycles. The van der Waals surface area contributed by atoms with E-state index in [0.29, 0.717) is 24.3 Å². The second kappa shape index (κ2) is 7.41. The zero-order valence-corrected chi connectivity index (χ0v) is 12.2. The van der Waals surface area contributed by atoms with Gasteiger partial charge in [0.05, 0.1) is 25.4 Å². The number of hydrogen-bond acceptors (Lipinski definition) is 4. The summed E-state index contributed by atoms with van der Waals surface area (Å²) in [5.74, 6) is -0.303. The summed E-state index contributed by atoms with van der Waals surface area (Å²) in [5.41, 5.74) is 1.67. The molecule has 1 aliphatic carbocycles. The first-order valence-corrected chi connectivity index (χ1v) is 7.19. The van der Waals surface area contributed by atoms with Crippen molar-refractivity contribution in [1.29, 1.82) is 0 Å². The fourth-order valence-electron chi connectivity index (χ4n) is 2.59. The number of nitrogens with one attached hydrogen (secondary N) is 1. The topological polar surface area (TPSA) is 47.6 Å². The predicted octanol–water partition coefficient (Wildman–Crippen LogP) is 2.52. The molecule has 1 fully saturated rings. The smallest absolute Gasteiger partial charge is 0.337 e. The van der Waals surface area contributed by atoms with Crippen LogP contribution in [0.5, 0.6) is 0 Å². The summed E-state index contributed by atoms with van der Waals surface area (Å²) < 4.78 is 10.6. The van der Waals surface area contributed by atoms with E-state index < -0.39 is 0 Å². The number of hydrogen-bond donors (Lipinski definition) is 1. The summed E-state index contributed by atoms with van der Waals surface area (Å²) in [6, 6.07) is 8.05. The standard InChI is InChI=1S/C16H23NO3/c1-17-14-7-9-15(10-8-14)20-11-12-3-5-13(6-4-12)16(18)19-2/h3-6,14-15,17H,7-11H2,1-2H3. The van der Waals surface area contributed by atoms with Crippen LogP contribution in [-0.2, 0) is 16.1 Å². The predicted molar refractivity (Wildman–Crippen MR) is 77.7 cm³/mol. The highest BCUT2D eigenvalue weighted by Crippen LogP contribution is 2.22. The van der Waals surface area contributed by atoms with Crippen molar-refractivity contribution >= 4 is 5.97 Å². The van der Waals surface area contributed by atoms with Crippen molar-refractivity contribution in [2.24, 2.45) is 0 Å². The van der Waals surface area contributed by atoms with E-state index in [1.165, 1.54) is 20.0 Å². The summed E-state index contributed by atoms with van der Waals surface area (Å²) in [6.45, 7) is 0.607. The summed E-state index contributed by atoms with van der Waals surface area (Å²) in [7, 11) is 3.41. The van der Waals surface area contributed by atoms with E-state index in [4.69, 9.17) is 4.74 Å². The summed E-state index contributed by atoms with van der Waals surface area (Å²) in [6.07, 6.45) is 4.96. The van der Waals surface area contributed by atoms with Crippen LogP contribution in [0.15, 0.2) is 24.3 Å². The first-order chi connectivity index (χ1) is 9.72. The molecule has 4 heteroatoms. The van der Waals surface area contributed by atoms with Gasteiger partial charge in [0.2, 0.25) is 0 Å². The zero-order chi connectivity index (χ0) is 14.4. The largest absolute Gasteiger partial charge is 0.465 e. The Balaban J connectivity index is 1.78. The Hall–Kier alpha value is -1.39. The Morgan fingerprint density at radius 1 is 1.20 bits per heavy atom. The maximum absolute atomic E-state index is 11.3. The molecular weight excluding hydrogens is 254 g/mol. The van der Waals surface area contributed by atoms with E-state index in [2.05, 4.69) is 10.1 Å². The third-order valence-electron chi connectivity index (χ3n) is 3.94. The molecule has 0 unspecified atom stereocenters. The van der Waals surface area contributed by atoms with Crippen molar-refractivity contribution in [2.75, 3.05) is 14.2 Å². The van der Waals surface area contributed by atoms with Gasteiger partial charge in [-0.1, -0.05) is 12.1 Å². The molecule has 0 heterocycles. The van der Waals surface area contributed by atoms with Crippen LogP contribution in [0.3, 0.4) is 0 Å². The average Bonchev–Trinajstić information content (AvgIpc) is 2.53. The van der Waals surface area contributed by atoms with Crippen LogP contribution in [0.4, 0.5) is 0 Å². The number of carbonyl (C=O) groups is 1. The number of benzene rings is 1. The monoisotopic (exact) mass is 277 g/mol. The van der Waals surface area contributed by atoms with Gasteiger partial charge in [-0.2, -0.15) is 0 Å². The van der Waals surface area contributed by atoms with Crippen LogP contribution in [0.2, 0.25) is 0 Å². The number of esters is 1. The second-order valence-electron chi connectivity index (χ2n) is 5.26. The molecule has 110 valence electrons. The highest BCUT2D eigenvalue weighted by Gasteiger charge is 2.20. The van der Waals surface area contributed by atoms with Gasteiger partial charge in [0.1, 0.15) is 0 Å². The van der Waals surface area contributed by atoms with Gasteiger partial charge in [-0.05, 0) is 50.4 Å². The van der Waals surface area contributed by atoms with Crippen LogP contribution in [0.25, 0.3) is 0 Å². The summed E-state index contributed by atoms with van der Waals surface area (Å²) in [5, 5.41) is 3.32. The Morgan fingerprint density at radius 2 is 1.85 bits per heavy atom. The van der Waals surface area contributed by atoms with Crippen LogP contribution < -0.4 is 5.32 Å². The molecule has 0 spiro atoms. The van der Waals surface area contributed by atoms with Gasteiger partial charge >= 0.3 is 5.97 Å². The van der Waals surface area contributed by atoms with E-state index in [0.717, 1.165) is 18.4 Å². The lowest BCUT2D eigenvalue weighted by Gasteiger charge is -2.28. The third-order valence-corrected chi connectivity index (χ3v) is 3.94. The van der Waals surface area contributed by atoms with E-state index in [1.807, 2.05) is 19.2 Å². The summed E-state index contributed by atoms with van der Waals surface area (Å²) in [4.78, 5) is 11.3. The molecule has 1 saturated carbocycles. The minimum atomic E-state index is -0.303. The van der Waals surface area contributed by atoms with E-state index in [-0.39, 0.29) is 5.97 Å². The summed E-state index contributed by atoms with van der Waals surface area (Å²) >= 11 is 0. The molecule has 1 aliphatic rings. The van der Waals surface area contributed by atoms with Gasteiger partial charge < -0.3 is 14.8 Å². The van der Waals surface area contributed by atoms with Gasteiger partial charge in [-0.3, -0.25) is 0 Å². The number of ether oxygens (including phenoxy) is 2. The quantitative estimate of drug-likeness (QED) is 0.840. The molecule has 2 rings (SSSR count). The molecular formula is C16H23NO3. The maximum atomic E-state index is 11.3. The molecule has 0 atom stereocenters. The van der Waals surface area contributed by atoms with Crippen molar-refractivity contribution in [1.82, 2.24) is 5.32 Å². The molecule has 0 saturated heterocycles. The average molecular weight is 277 g/mol. The molecule has 1 N–H and O–H groups in total. The van der Waals surface area contributed by atoms with Crippen molar-refractivity contribution in [3.63, 3.8) is 0 Å². The van der Waals surface area contributed by atoms with Crippen LogP contribution >= 0.6 is 0 Å². The van der Waals surface area contributed by atoms with Crippen molar-refractivity contribution in [3.8, 4) is 0 Å². The molecule has 1 aromatic carbocycles. The van der Waals surface area contributed by atoms with Gasteiger partial charge in [-0.15, -0.1) is 0 Å².